The lowest BCUT2D eigenvalue weighted by Gasteiger charge is -2.57. The molecule has 0 aliphatic heterocycles. The maximum Gasteiger partial charge on any atom is 0.312 e. The molecule has 0 radical (unpaired) electrons. The molecule has 1 fully saturated rings. The average molecular weight is 359 g/mol. The van der Waals surface area contributed by atoms with Gasteiger partial charge in [0.25, 0.3) is 0 Å². The van der Waals surface area contributed by atoms with Crippen molar-refractivity contribution >= 4 is 5.97 Å². The van der Waals surface area contributed by atoms with Crippen LogP contribution in [0.15, 0.2) is 23.3 Å². The molecule has 0 heterocycles. The van der Waals surface area contributed by atoms with Gasteiger partial charge in [-0.3, -0.25) is 4.79 Å². The van der Waals surface area contributed by atoms with E-state index in [1.807, 2.05) is 6.92 Å². The minimum absolute atomic E-state index is 0.0217. The summed E-state index contributed by atoms with van der Waals surface area (Å²) in [7, 11) is 0. The molecule has 5 atom stereocenters. The molecule has 0 N–H and O–H groups in total. The monoisotopic (exact) mass is 358 g/mol. The highest BCUT2D eigenvalue weighted by Crippen LogP contribution is 2.62. The van der Waals surface area contributed by atoms with Gasteiger partial charge in [0.05, 0.1) is 11.5 Å². The van der Waals surface area contributed by atoms with Crippen LogP contribution < -0.4 is 0 Å². The van der Waals surface area contributed by atoms with E-state index in [9.17, 15) is 4.79 Å². The standard InChI is InChI=1S/C24H38O2/c1-7-17(4)26-22(25)24(6)14-8-13-23(5)20-11-9-18(16(2)3)15-19(20)10-12-21(23)24/h10,15-17,20-21H,7-9,11-14H2,1-6H3. The lowest BCUT2D eigenvalue weighted by Crippen LogP contribution is -2.53. The first-order chi connectivity index (χ1) is 12.2. The van der Waals surface area contributed by atoms with Crippen LogP contribution in [-0.4, -0.2) is 12.1 Å². The Bertz CT molecular complexity index is 614. The third-order valence-electron chi connectivity index (χ3n) is 7.93. The maximum atomic E-state index is 13.1. The second-order valence-corrected chi connectivity index (χ2v) is 9.86. The van der Waals surface area contributed by atoms with Gasteiger partial charge < -0.3 is 4.74 Å². The van der Waals surface area contributed by atoms with Gasteiger partial charge in [-0.15, -0.1) is 0 Å². The molecule has 0 aromatic carbocycles. The number of ether oxygens (including phenoxy) is 1. The maximum absolute atomic E-state index is 13.1. The molecule has 26 heavy (non-hydrogen) atoms. The molecule has 3 rings (SSSR count). The number of hydrogen-bond donors (Lipinski definition) is 0. The molecular formula is C24H38O2. The van der Waals surface area contributed by atoms with Gasteiger partial charge in [0.1, 0.15) is 0 Å². The zero-order chi connectivity index (χ0) is 19.1. The summed E-state index contributed by atoms with van der Waals surface area (Å²) in [4.78, 5) is 13.1. The lowest BCUT2D eigenvalue weighted by atomic mass is 9.47. The lowest BCUT2D eigenvalue weighted by molar-refractivity contribution is -0.174. The van der Waals surface area contributed by atoms with Gasteiger partial charge in [-0.05, 0) is 81.1 Å². The summed E-state index contributed by atoms with van der Waals surface area (Å²) >= 11 is 0. The topological polar surface area (TPSA) is 26.3 Å². The fourth-order valence-electron chi connectivity index (χ4n) is 5.99. The molecule has 0 amide bonds. The molecule has 0 spiro atoms. The van der Waals surface area contributed by atoms with Crippen LogP contribution in [0.25, 0.3) is 0 Å². The highest BCUT2D eigenvalue weighted by atomic mass is 16.5. The van der Waals surface area contributed by atoms with Crippen LogP contribution >= 0.6 is 0 Å². The first-order valence-corrected chi connectivity index (χ1v) is 10.8. The second-order valence-electron chi connectivity index (χ2n) is 9.86. The fourth-order valence-corrected chi connectivity index (χ4v) is 5.99. The van der Waals surface area contributed by atoms with Crippen LogP contribution in [0.4, 0.5) is 0 Å². The minimum Gasteiger partial charge on any atom is -0.462 e. The van der Waals surface area contributed by atoms with Crippen molar-refractivity contribution in [2.24, 2.45) is 28.6 Å². The van der Waals surface area contributed by atoms with Crippen LogP contribution in [0.3, 0.4) is 0 Å². The summed E-state index contributed by atoms with van der Waals surface area (Å²) < 4.78 is 5.85. The number of fused-ring (bicyclic) bond motifs is 3. The molecule has 2 nitrogen and oxygen atoms in total. The van der Waals surface area contributed by atoms with Crippen molar-refractivity contribution in [3.63, 3.8) is 0 Å². The predicted octanol–water partition coefficient (Wildman–Crippen LogP) is 6.46. The minimum atomic E-state index is -0.333. The van der Waals surface area contributed by atoms with E-state index in [1.165, 1.54) is 19.3 Å². The third-order valence-corrected chi connectivity index (χ3v) is 7.93. The van der Waals surface area contributed by atoms with Crippen molar-refractivity contribution < 1.29 is 9.53 Å². The molecule has 3 aliphatic rings. The van der Waals surface area contributed by atoms with Gasteiger partial charge in [-0.1, -0.05) is 51.8 Å². The predicted molar refractivity (Wildman–Crippen MR) is 108 cm³/mol. The van der Waals surface area contributed by atoms with E-state index >= 15 is 0 Å². The second kappa shape index (κ2) is 7.17. The van der Waals surface area contributed by atoms with Crippen molar-refractivity contribution in [1.29, 1.82) is 0 Å². The molecule has 1 saturated carbocycles. The smallest absolute Gasteiger partial charge is 0.312 e. The summed E-state index contributed by atoms with van der Waals surface area (Å²) in [6.45, 7) is 13.4. The van der Waals surface area contributed by atoms with Crippen molar-refractivity contribution in [3.05, 3.63) is 23.3 Å². The van der Waals surface area contributed by atoms with E-state index < -0.39 is 0 Å². The molecule has 2 heteroatoms. The van der Waals surface area contributed by atoms with Crippen molar-refractivity contribution in [2.45, 2.75) is 92.6 Å². The molecule has 0 bridgehead atoms. The van der Waals surface area contributed by atoms with Crippen LogP contribution in [0, 0.1) is 28.6 Å². The number of carbonyl (C=O) groups excluding carboxylic acids is 1. The van der Waals surface area contributed by atoms with E-state index in [2.05, 4.69) is 46.8 Å². The van der Waals surface area contributed by atoms with Gasteiger partial charge >= 0.3 is 5.97 Å². The Kier molecular flexibility index (Phi) is 5.43. The molecule has 146 valence electrons. The number of esters is 1. The number of carbonyl (C=O) groups is 1. The first-order valence-electron chi connectivity index (χ1n) is 10.8. The SMILES string of the molecule is CCC(C)OC(=O)C1(C)CCCC2(C)C3CCC(C(C)C)=CC3=CCC12. The number of rotatable bonds is 4. The highest BCUT2D eigenvalue weighted by Gasteiger charge is 2.57. The molecular weight excluding hydrogens is 320 g/mol. The normalized spacial score (nSPS) is 38.0. The Morgan fingerprint density at radius 2 is 2.00 bits per heavy atom. The van der Waals surface area contributed by atoms with Crippen LogP contribution in [0.2, 0.25) is 0 Å². The summed E-state index contributed by atoms with van der Waals surface area (Å²) in [5.41, 5.74) is 3.05. The Hall–Kier alpha value is -1.05. The van der Waals surface area contributed by atoms with Gasteiger partial charge in [0.15, 0.2) is 0 Å². The quantitative estimate of drug-likeness (QED) is 0.539. The summed E-state index contributed by atoms with van der Waals surface area (Å²) in [5.74, 6) is 1.71. The molecule has 0 saturated heterocycles. The Morgan fingerprint density at radius 1 is 1.27 bits per heavy atom. The molecule has 5 unspecified atom stereocenters. The van der Waals surface area contributed by atoms with E-state index in [1.54, 1.807) is 11.1 Å². The largest absolute Gasteiger partial charge is 0.462 e. The Balaban J connectivity index is 1.91. The molecule has 0 aromatic rings. The number of hydrogen-bond acceptors (Lipinski definition) is 2. The van der Waals surface area contributed by atoms with Crippen LogP contribution in [-0.2, 0) is 9.53 Å². The van der Waals surface area contributed by atoms with Crippen LogP contribution in [0.1, 0.15) is 86.5 Å². The Labute approximate surface area is 160 Å². The van der Waals surface area contributed by atoms with E-state index in [-0.39, 0.29) is 22.9 Å². The molecule has 3 aliphatic carbocycles. The Morgan fingerprint density at radius 3 is 2.65 bits per heavy atom. The summed E-state index contributed by atoms with van der Waals surface area (Å²) in [6, 6.07) is 0. The van der Waals surface area contributed by atoms with Gasteiger partial charge in [0.2, 0.25) is 0 Å². The van der Waals surface area contributed by atoms with Crippen molar-refractivity contribution in [1.82, 2.24) is 0 Å². The van der Waals surface area contributed by atoms with Crippen molar-refractivity contribution in [2.75, 3.05) is 0 Å². The molecule has 0 aromatic heterocycles. The van der Waals surface area contributed by atoms with E-state index in [0.29, 0.717) is 17.8 Å². The van der Waals surface area contributed by atoms with Gasteiger partial charge in [-0.2, -0.15) is 0 Å². The van der Waals surface area contributed by atoms with Crippen LogP contribution in [0.5, 0.6) is 0 Å². The fraction of sp³-hybridized carbons (Fsp3) is 0.792. The van der Waals surface area contributed by atoms with Gasteiger partial charge in [-0.25, -0.2) is 0 Å². The van der Waals surface area contributed by atoms with Crippen molar-refractivity contribution in [3.8, 4) is 0 Å². The zero-order valence-electron chi connectivity index (χ0n) is 17.7. The average Bonchev–Trinajstić information content (AvgIpc) is 2.60. The number of allylic oxidation sites excluding steroid dienone is 4. The van der Waals surface area contributed by atoms with E-state index in [4.69, 9.17) is 4.74 Å². The summed E-state index contributed by atoms with van der Waals surface area (Å²) in [6.07, 6.45) is 12.7. The van der Waals surface area contributed by atoms with Gasteiger partial charge in [0, 0.05) is 0 Å². The van der Waals surface area contributed by atoms with E-state index in [0.717, 1.165) is 25.7 Å². The third kappa shape index (κ3) is 3.18. The zero-order valence-corrected chi connectivity index (χ0v) is 17.7. The summed E-state index contributed by atoms with van der Waals surface area (Å²) in [5, 5.41) is 0. The first kappa shape index (κ1) is 19.7. The highest BCUT2D eigenvalue weighted by molar-refractivity contribution is 5.77.